The molecule has 6 nitrogen and oxygen atoms in total. The fourth-order valence-corrected chi connectivity index (χ4v) is 2.30. The highest BCUT2D eigenvalue weighted by atomic mass is 16.2. The third-order valence-electron chi connectivity index (χ3n) is 3.51. The molecule has 19 heavy (non-hydrogen) atoms. The van der Waals surface area contributed by atoms with Gasteiger partial charge in [0.1, 0.15) is 0 Å². The van der Waals surface area contributed by atoms with Crippen molar-refractivity contribution in [3.8, 4) is 0 Å². The molecule has 3 rings (SSSR count). The number of aromatic nitrogens is 2. The highest BCUT2D eigenvalue weighted by Gasteiger charge is 2.27. The Morgan fingerprint density at radius 3 is 2.74 bits per heavy atom. The van der Waals surface area contributed by atoms with E-state index in [4.69, 9.17) is 0 Å². The number of carbonyl (C=O) groups excluding carboxylic acids is 1. The number of nitrogens with one attached hydrogen (secondary N) is 3. The van der Waals surface area contributed by atoms with E-state index in [0.29, 0.717) is 6.54 Å². The summed E-state index contributed by atoms with van der Waals surface area (Å²) in [4.78, 5) is 30.4. The molecule has 2 heterocycles. The molecular formula is C13H16N4O2. The van der Waals surface area contributed by atoms with Crippen LogP contribution in [0.1, 0.15) is 5.56 Å². The van der Waals surface area contributed by atoms with Crippen molar-refractivity contribution in [1.82, 2.24) is 20.2 Å². The molecule has 1 aromatic heterocycles. The van der Waals surface area contributed by atoms with Gasteiger partial charge < -0.3 is 20.2 Å². The summed E-state index contributed by atoms with van der Waals surface area (Å²) in [5.74, 6) is 0.280. The van der Waals surface area contributed by atoms with Crippen LogP contribution in [0.15, 0.2) is 23.0 Å². The van der Waals surface area contributed by atoms with Gasteiger partial charge in [-0.05, 0) is 17.7 Å². The summed E-state index contributed by atoms with van der Waals surface area (Å²) in [7, 11) is 1.81. The maximum atomic E-state index is 12.0. The van der Waals surface area contributed by atoms with Gasteiger partial charge in [0.05, 0.1) is 17.0 Å². The Morgan fingerprint density at radius 2 is 2.05 bits per heavy atom. The minimum absolute atomic E-state index is 0.112. The SMILES string of the molecule is CN(Cc1ccc2[nH]c(=O)[nH]c2c1)C(=O)C1CNC1. The van der Waals surface area contributed by atoms with Crippen LogP contribution >= 0.6 is 0 Å². The van der Waals surface area contributed by atoms with Crippen LogP contribution in [-0.4, -0.2) is 40.9 Å². The summed E-state index contributed by atoms with van der Waals surface area (Å²) >= 11 is 0. The molecule has 0 bridgehead atoms. The Labute approximate surface area is 109 Å². The average Bonchev–Trinajstić information content (AvgIpc) is 2.66. The fourth-order valence-electron chi connectivity index (χ4n) is 2.30. The smallest absolute Gasteiger partial charge is 0.323 e. The number of hydrogen-bond donors (Lipinski definition) is 3. The number of benzene rings is 1. The molecule has 0 unspecified atom stereocenters. The van der Waals surface area contributed by atoms with E-state index in [9.17, 15) is 9.59 Å². The molecule has 0 saturated carbocycles. The number of hydrogen-bond acceptors (Lipinski definition) is 3. The number of carbonyl (C=O) groups is 1. The van der Waals surface area contributed by atoms with Crippen molar-refractivity contribution in [2.45, 2.75) is 6.54 Å². The molecule has 2 aromatic rings. The van der Waals surface area contributed by atoms with Gasteiger partial charge in [-0.3, -0.25) is 4.79 Å². The van der Waals surface area contributed by atoms with E-state index >= 15 is 0 Å². The quantitative estimate of drug-likeness (QED) is 0.728. The van der Waals surface area contributed by atoms with Crippen molar-refractivity contribution < 1.29 is 4.79 Å². The Hall–Kier alpha value is -2.08. The van der Waals surface area contributed by atoms with Crippen LogP contribution in [0, 0.1) is 5.92 Å². The zero-order chi connectivity index (χ0) is 13.4. The topological polar surface area (TPSA) is 81.0 Å². The number of aromatic amines is 2. The number of fused-ring (bicyclic) bond motifs is 1. The minimum Gasteiger partial charge on any atom is -0.341 e. The van der Waals surface area contributed by atoms with Crippen molar-refractivity contribution in [3.05, 3.63) is 34.2 Å². The highest BCUT2D eigenvalue weighted by molar-refractivity contribution is 5.80. The molecule has 3 N–H and O–H groups in total. The van der Waals surface area contributed by atoms with E-state index in [1.165, 1.54) is 0 Å². The standard InChI is InChI=1S/C13H16N4O2/c1-17(12(18)9-5-14-6-9)7-8-2-3-10-11(4-8)16-13(19)15-10/h2-4,9,14H,5-7H2,1H3,(H2,15,16,19). The molecular weight excluding hydrogens is 244 g/mol. The van der Waals surface area contributed by atoms with Crippen LogP contribution in [0.3, 0.4) is 0 Å². The fraction of sp³-hybridized carbons (Fsp3) is 0.385. The van der Waals surface area contributed by atoms with Crippen LogP contribution in [0.25, 0.3) is 11.0 Å². The van der Waals surface area contributed by atoms with Gasteiger partial charge in [-0.2, -0.15) is 0 Å². The van der Waals surface area contributed by atoms with Crippen LogP contribution in [0.2, 0.25) is 0 Å². The zero-order valence-corrected chi connectivity index (χ0v) is 10.7. The number of imidazole rings is 1. The van der Waals surface area contributed by atoms with E-state index in [2.05, 4.69) is 15.3 Å². The first-order valence-corrected chi connectivity index (χ1v) is 6.30. The molecule has 0 radical (unpaired) electrons. The molecule has 1 aromatic carbocycles. The van der Waals surface area contributed by atoms with Crippen LogP contribution in [-0.2, 0) is 11.3 Å². The molecule has 1 aliphatic rings. The highest BCUT2D eigenvalue weighted by Crippen LogP contribution is 2.14. The molecule has 100 valence electrons. The molecule has 1 fully saturated rings. The molecule has 0 aliphatic carbocycles. The van der Waals surface area contributed by atoms with Gasteiger partial charge in [0.15, 0.2) is 0 Å². The first-order chi connectivity index (χ1) is 9.13. The van der Waals surface area contributed by atoms with Crippen molar-refractivity contribution in [2.24, 2.45) is 5.92 Å². The Balaban J connectivity index is 1.76. The van der Waals surface area contributed by atoms with Gasteiger partial charge in [-0.15, -0.1) is 0 Å². The second-order valence-electron chi connectivity index (χ2n) is 5.01. The Kier molecular flexibility index (Phi) is 2.87. The normalized spacial score (nSPS) is 15.4. The molecule has 1 amide bonds. The lowest BCUT2D eigenvalue weighted by Gasteiger charge is -2.30. The van der Waals surface area contributed by atoms with Crippen molar-refractivity contribution in [2.75, 3.05) is 20.1 Å². The summed E-state index contributed by atoms with van der Waals surface area (Å²) in [6.45, 7) is 2.10. The second-order valence-corrected chi connectivity index (χ2v) is 5.01. The molecule has 0 spiro atoms. The summed E-state index contributed by atoms with van der Waals surface area (Å²) in [5.41, 5.74) is 2.35. The van der Waals surface area contributed by atoms with E-state index in [-0.39, 0.29) is 17.5 Å². The lowest BCUT2D eigenvalue weighted by atomic mass is 10.0. The van der Waals surface area contributed by atoms with E-state index < -0.39 is 0 Å². The number of rotatable bonds is 3. The predicted octanol–water partition coefficient (Wildman–Crippen LogP) is 0.0340. The molecule has 1 saturated heterocycles. The van der Waals surface area contributed by atoms with Gasteiger partial charge in [0, 0.05) is 26.7 Å². The Bertz CT molecular complexity index is 669. The third-order valence-corrected chi connectivity index (χ3v) is 3.51. The number of amides is 1. The van der Waals surface area contributed by atoms with E-state index in [0.717, 1.165) is 29.7 Å². The zero-order valence-electron chi connectivity index (χ0n) is 10.7. The van der Waals surface area contributed by atoms with Crippen molar-refractivity contribution in [1.29, 1.82) is 0 Å². The maximum Gasteiger partial charge on any atom is 0.323 e. The van der Waals surface area contributed by atoms with Gasteiger partial charge in [0.25, 0.3) is 0 Å². The first kappa shape index (κ1) is 12.0. The summed E-state index contributed by atoms with van der Waals surface area (Å²) in [6, 6.07) is 5.68. The third kappa shape index (κ3) is 2.26. The van der Waals surface area contributed by atoms with Crippen LogP contribution in [0.5, 0.6) is 0 Å². The predicted molar refractivity (Wildman–Crippen MR) is 71.8 cm³/mol. The number of nitrogens with zero attached hydrogens (tertiary/aromatic N) is 1. The van der Waals surface area contributed by atoms with Gasteiger partial charge in [-0.25, -0.2) is 4.79 Å². The molecule has 6 heteroatoms. The minimum atomic E-state index is -0.211. The largest absolute Gasteiger partial charge is 0.341 e. The Morgan fingerprint density at radius 1 is 1.32 bits per heavy atom. The summed E-state index contributed by atoms with van der Waals surface area (Å²) in [6.07, 6.45) is 0. The lowest BCUT2D eigenvalue weighted by Crippen LogP contribution is -2.50. The summed E-state index contributed by atoms with van der Waals surface area (Å²) < 4.78 is 0. The molecule has 1 aliphatic heterocycles. The van der Waals surface area contributed by atoms with Crippen LogP contribution < -0.4 is 11.0 Å². The molecule has 0 atom stereocenters. The van der Waals surface area contributed by atoms with E-state index in [1.54, 1.807) is 4.90 Å². The summed E-state index contributed by atoms with van der Waals surface area (Å²) in [5, 5.41) is 3.10. The lowest BCUT2D eigenvalue weighted by molar-refractivity contribution is -0.136. The van der Waals surface area contributed by atoms with Crippen LogP contribution in [0.4, 0.5) is 0 Å². The van der Waals surface area contributed by atoms with Crippen molar-refractivity contribution in [3.63, 3.8) is 0 Å². The van der Waals surface area contributed by atoms with Gasteiger partial charge in [-0.1, -0.05) is 6.07 Å². The average molecular weight is 260 g/mol. The second kappa shape index (κ2) is 4.55. The van der Waals surface area contributed by atoms with Gasteiger partial charge >= 0.3 is 5.69 Å². The maximum absolute atomic E-state index is 12.0. The first-order valence-electron chi connectivity index (χ1n) is 6.30. The monoisotopic (exact) mass is 260 g/mol. The van der Waals surface area contributed by atoms with Crippen molar-refractivity contribution >= 4 is 16.9 Å². The number of H-pyrrole nitrogens is 2. The van der Waals surface area contributed by atoms with Gasteiger partial charge in [0.2, 0.25) is 5.91 Å². The van der Waals surface area contributed by atoms with E-state index in [1.807, 2.05) is 25.2 Å².